The quantitative estimate of drug-likeness (QED) is 0.639. The standard InChI is InChI=1S/C10H21NO2/c1-5-8(2)6-11-7-9(3)10(12)13-4/h8-9,11H,5-7H2,1-4H3. The van der Waals surface area contributed by atoms with Crippen LogP contribution >= 0.6 is 0 Å². The van der Waals surface area contributed by atoms with Crippen molar-refractivity contribution in [2.75, 3.05) is 20.2 Å². The van der Waals surface area contributed by atoms with Gasteiger partial charge in [0.25, 0.3) is 0 Å². The monoisotopic (exact) mass is 187 g/mol. The van der Waals surface area contributed by atoms with Crippen LogP contribution in [0, 0.1) is 11.8 Å². The minimum Gasteiger partial charge on any atom is -0.469 e. The molecule has 3 nitrogen and oxygen atoms in total. The maximum Gasteiger partial charge on any atom is 0.309 e. The van der Waals surface area contributed by atoms with Crippen molar-refractivity contribution in [2.45, 2.75) is 27.2 Å². The van der Waals surface area contributed by atoms with E-state index in [1.54, 1.807) is 0 Å². The zero-order valence-electron chi connectivity index (χ0n) is 9.09. The summed E-state index contributed by atoms with van der Waals surface area (Å²) in [4.78, 5) is 11.0. The first-order valence-electron chi connectivity index (χ1n) is 4.90. The second-order valence-electron chi connectivity index (χ2n) is 3.60. The molecule has 0 fully saturated rings. The van der Waals surface area contributed by atoms with Crippen molar-refractivity contribution in [1.29, 1.82) is 0 Å². The van der Waals surface area contributed by atoms with Crippen LogP contribution in [0.3, 0.4) is 0 Å². The van der Waals surface area contributed by atoms with Crippen LogP contribution in [0.4, 0.5) is 0 Å². The molecule has 0 aliphatic carbocycles. The van der Waals surface area contributed by atoms with Gasteiger partial charge in [-0.05, 0) is 12.5 Å². The Morgan fingerprint density at radius 2 is 2.00 bits per heavy atom. The van der Waals surface area contributed by atoms with Crippen LogP contribution in [0.5, 0.6) is 0 Å². The van der Waals surface area contributed by atoms with Gasteiger partial charge in [0.1, 0.15) is 0 Å². The third-order valence-corrected chi connectivity index (χ3v) is 2.24. The highest BCUT2D eigenvalue weighted by molar-refractivity contribution is 5.71. The van der Waals surface area contributed by atoms with E-state index in [4.69, 9.17) is 0 Å². The maximum atomic E-state index is 11.0. The van der Waals surface area contributed by atoms with E-state index in [0.717, 1.165) is 6.54 Å². The Bertz CT molecular complexity index is 148. The average molecular weight is 187 g/mol. The molecule has 0 amide bonds. The molecule has 2 atom stereocenters. The topological polar surface area (TPSA) is 38.3 Å². The first-order valence-corrected chi connectivity index (χ1v) is 4.90. The molecule has 0 aromatic carbocycles. The molecule has 0 saturated carbocycles. The molecule has 0 aliphatic rings. The third kappa shape index (κ3) is 5.64. The van der Waals surface area contributed by atoms with Gasteiger partial charge in [-0.3, -0.25) is 4.79 Å². The fourth-order valence-corrected chi connectivity index (χ4v) is 0.975. The minimum atomic E-state index is -0.142. The minimum absolute atomic E-state index is 0.0472. The van der Waals surface area contributed by atoms with E-state index in [-0.39, 0.29) is 11.9 Å². The lowest BCUT2D eigenvalue weighted by Gasteiger charge is -2.13. The zero-order valence-corrected chi connectivity index (χ0v) is 9.09. The number of methoxy groups -OCH3 is 1. The van der Waals surface area contributed by atoms with Gasteiger partial charge in [-0.15, -0.1) is 0 Å². The van der Waals surface area contributed by atoms with Gasteiger partial charge in [0, 0.05) is 6.54 Å². The first kappa shape index (κ1) is 12.4. The smallest absolute Gasteiger partial charge is 0.309 e. The van der Waals surface area contributed by atoms with Crippen molar-refractivity contribution in [2.24, 2.45) is 11.8 Å². The summed E-state index contributed by atoms with van der Waals surface area (Å²) in [7, 11) is 1.42. The van der Waals surface area contributed by atoms with E-state index in [9.17, 15) is 4.79 Å². The number of hydrogen-bond acceptors (Lipinski definition) is 3. The Hall–Kier alpha value is -0.570. The van der Waals surface area contributed by atoms with Crippen LogP contribution in [-0.2, 0) is 9.53 Å². The highest BCUT2D eigenvalue weighted by Gasteiger charge is 2.12. The van der Waals surface area contributed by atoms with E-state index < -0.39 is 0 Å². The number of carbonyl (C=O) groups excluding carboxylic acids is 1. The normalized spacial score (nSPS) is 15.1. The number of ether oxygens (including phenoxy) is 1. The molecule has 0 saturated heterocycles. The highest BCUT2D eigenvalue weighted by Crippen LogP contribution is 1.99. The van der Waals surface area contributed by atoms with Gasteiger partial charge in [0.05, 0.1) is 13.0 Å². The van der Waals surface area contributed by atoms with Gasteiger partial charge in [0.15, 0.2) is 0 Å². The Morgan fingerprint density at radius 1 is 1.38 bits per heavy atom. The predicted octanol–water partition coefficient (Wildman–Crippen LogP) is 1.43. The lowest BCUT2D eigenvalue weighted by Crippen LogP contribution is -2.30. The SMILES string of the molecule is CCC(C)CNCC(C)C(=O)OC. The van der Waals surface area contributed by atoms with E-state index in [1.165, 1.54) is 13.5 Å². The number of rotatable bonds is 6. The molecule has 0 aliphatic heterocycles. The van der Waals surface area contributed by atoms with Crippen molar-refractivity contribution in [1.82, 2.24) is 5.32 Å². The van der Waals surface area contributed by atoms with Crippen molar-refractivity contribution in [3.63, 3.8) is 0 Å². The molecular formula is C10H21NO2. The summed E-state index contributed by atoms with van der Waals surface area (Å²) in [5, 5.41) is 3.25. The molecule has 0 aromatic heterocycles. The maximum absolute atomic E-state index is 11.0. The van der Waals surface area contributed by atoms with Crippen molar-refractivity contribution >= 4 is 5.97 Å². The Morgan fingerprint density at radius 3 is 2.46 bits per heavy atom. The van der Waals surface area contributed by atoms with Gasteiger partial charge >= 0.3 is 5.97 Å². The van der Waals surface area contributed by atoms with Gasteiger partial charge in [-0.2, -0.15) is 0 Å². The molecule has 78 valence electrons. The second kappa shape index (κ2) is 6.89. The molecule has 0 spiro atoms. The van der Waals surface area contributed by atoms with Crippen LogP contribution < -0.4 is 5.32 Å². The van der Waals surface area contributed by atoms with Crippen molar-refractivity contribution in [3.8, 4) is 0 Å². The third-order valence-electron chi connectivity index (χ3n) is 2.24. The highest BCUT2D eigenvalue weighted by atomic mass is 16.5. The summed E-state index contributed by atoms with van der Waals surface area (Å²) in [6.45, 7) is 7.90. The molecular weight excluding hydrogens is 166 g/mol. The van der Waals surface area contributed by atoms with Gasteiger partial charge in [0.2, 0.25) is 0 Å². The Labute approximate surface area is 80.8 Å². The summed E-state index contributed by atoms with van der Waals surface area (Å²) >= 11 is 0. The summed E-state index contributed by atoms with van der Waals surface area (Å²) in [6.07, 6.45) is 1.17. The first-order chi connectivity index (χ1) is 6.11. The van der Waals surface area contributed by atoms with E-state index in [0.29, 0.717) is 12.5 Å². The van der Waals surface area contributed by atoms with E-state index >= 15 is 0 Å². The fraction of sp³-hybridized carbons (Fsp3) is 0.900. The molecule has 0 radical (unpaired) electrons. The Kier molecular flexibility index (Phi) is 6.59. The molecule has 0 rings (SSSR count). The second-order valence-corrected chi connectivity index (χ2v) is 3.60. The van der Waals surface area contributed by atoms with Crippen LogP contribution in [-0.4, -0.2) is 26.2 Å². The molecule has 13 heavy (non-hydrogen) atoms. The molecule has 0 aromatic rings. The largest absolute Gasteiger partial charge is 0.469 e. The summed E-state index contributed by atoms with van der Waals surface area (Å²) in [5.74, 6) is 0.482. The summed E-state index contributed by atoms with van der Waals surface area (Å²) in [5.41, 5.74) is 0. The van der Waals surface area contributed by atoms with E-state index in [2.05, 4.69) is 23.9 Å². The van der Waals surface area contributed by atoms with Crippen LogP contribution in [0.25, 0.3) is 0 Å². The fourth-order valence-electron chi connectivity index (χ4n) is 0.975. The molecule has 1 N–H and O–H groups in total. The van der Waals surface area contributed by atoms with Crippen molar-refractivity contribution < 1.29 is 9.53 Å². The van der Waals surface area contributed by atoms with Gasteiger partial charge in [-0.1, -0.05) is 27.2 Å². The predicted molar refractivity (Wildman–Crippen MR) is 53.5 cm³/mol. The molecule has 0 heterocycles. The zero-order chi connectivity index (χ0) is 10.3. The number of carbonyl (C=O) groups is 1. The number of esters is 1. The van der Waals surface area contributed by atoms with Gasteiger partial charge in [-0.25, -0.2) is 0 Å². The molecule has 2 unspecified atom stereocenters. The number of nitrogens with one attached hydrogen (secondary N) is 1. The van der Waals surface area contributed by atoms with Gasteiger partial charge < -0.3 is 10.1 Å². The lowest BCUT2D eigenvalue weighted by atomic mass is 10.1. The molecule has 3 heteroatoms. The van der Waals surface area contributed by atoms with Crippen molar-refractivity contribution in [3.05, 3.63) is 0 Å². The Balaban J connectivity index is 3.47. The summed E-state index contributed by atoms with van der Waals surface area (Å²) < 4.78 is 4.62. The van der Waals surface area contributed by atoms with E-state index in [1.807, 2.05) is 6.92 Å². The molecule has 0 bridgehead atoms. The lowest BCUT2D eigenvalue weighted by molar-refractivity contribution is -0.144. The average Bonchev–Trinajstić information content (AvgIpc) is 2.15. The summed E-state index contributed by atoms with van der Waals surface area (Å²) in [6, 6.07) is 0. The van der Waals surface area contributed by atoms with Crippen LogP contribution in [0.1, 0.15) is 27.2 Å². The van der Waals surface area contributed by atoms with Crippen LogP contribution in [0.15, 0.2) is 0 Å². The van der Waals surface area contributed by atoms with Crippen LogP contribution in [0.2, 0.25) is 0 Å². The number of hydrogen-bond donors (Lipinski definition) is 1.